The fraction of sp³-hybridized carbons (Fsp3) is 0.240. The van der Waals surface area contributed by atoms with Gasteiger partial charge in [-0.05, 0) is 75.7 Å². The van der Waals surface area contributed by atoms with Crippen LogP contribution in [0.2, 0.25) is 0 Å². The summed E-state index contributed by atoms with van der Waals surface area (Å²) >= 11 is 5.25. The Morgan fingerprint density at radius 2 is 1.36 bits per heavy atom. The van der Waals surface area contributed by atoms with Crippen LogP contribution >= 0.6 is 11.6 Å². The van der Waals surface area contributed by atoms with Crippen LogP contribution in [0.4, 0.5) is 5.82 Å². The summed E-state index contributed by atoms with van der Waals surface area (Å²) in [6.45, 7) is 7.22. The largest absolute Gasteiger partial charge is 0.504 e. The van der Waals surface area contributed by atoms with Crippen LogP contribution < -0.4 is 14.8 Å². The molecule has 2 N–H and O–H groups in total. The zero-order valence-corrected chi connectivity index (χ0v) is 19.7. The zero-order valence-electron chi connectivity index (χ0n) is 18.9. The molecule has 3 aromatic rings. The third-order valence-electron chi connectivity index (χ3n) is 4.38. The molecule has 33 heavy (non-hydrogen) atoms. The van der Waals surface area contributed by atoms with Crippen molar-refractivity contribution < 1.29 is 24.2 Å². The molecule has 0 bridgehead atoms. The van der Waals surface area contributed by atoms with Gasteiger partial charge < -0.3 is 19.9 Å². The Morgan fingerprint density at radius 1 is 0.879 bits per heavy atom. The number of nitrogens with zero attached hydrogens (tertiary/aromatic N) is 1. The number of benzene rings is 2. The molecule has 3 rings (SSSR count). The molecular weight excluding hydrogens is 444 g/mol. The molecule has 1 aromatic heterocycles. The molecule has 0 aliphatic carbocycles. The number of amides is 1. The molecule has 1 heterocycles. The molecule has 8 heteroatoms. The van der Waals surface area contributed by atoms with Gasteiger partial charge in [-0.2, -0.15) is 0 Å². The summed E-state index contributed by atoms with van der Waals surface area (Å²) in [7, 11) is 0. The average Bonchev–Trinajstić information content (AvgIpc) is 2.78. The van der Waals surface area contributed by atoms with E-state index in [4.69, 9.17) is 21.1 Å². The number of carbonyl (C=O) groups excluding carboxylic acids is 2. The highest BCUT2D eigenvalue weighted by atomic mass is 35.5. The van der Waals surface area contributed by atoms with Crippen molar-refractivity contribution in [3.05, 3.63) is 78.0 Å². The topological polar surface area (TPSA) is 97.8 Å². The number of anilines is 1. The third-order valence-corrected chi connectivity index (χ3v) is 4.69. The Hall–Kier alpha value is -3.58. The highest BCUT2D eigenvalue weighted by Gasteiger charge is 2.16. The Balaban J connectivity index is 0.000000257. The van der Waals surface area contributed by atoms with Gasteiger partial charge in [-0.15, -0.1) is 0 Å². The van der Waals surface area contributed by atoms with Crippen LogP contribution in [0.1, 0.15) is 25.0 Å². The lowest BCUT2D eigenvalue weighted by atomic mass is 10.2. The van der Waals surface area contributed by atoms with Gasteiger partial charge in [0.2, 0.25) is 0 Å². The number of aryl methyl sites for hydroxylation is 2. The first-order valence-electron chi connectivity index (χ1n) is 10.3. The minimum atomic E-state index is -0.695. The van der Waals surface area contributed by atoms with Crippen molar-refractivity contribution in [3.8, 4) is 17.2 Å². The first-order chi connectivity index (χ1) is 15.7. The number of hydrogen-bond donors (Lipinski definition) is 2. The molecular formula is C25H27ClN2O5. The summed E-state index contributed by atoms with van der Waals surface area (Å²) in [4.78, 5) is 26.5. The number of pyridine rings is 1. The molecule has 2 unspecified atom stereocenters. The number of aromatic nitrogens is 1. The second-order valence-corrected chi connectivity index (χ2v) is 7.68. The second kappa shape index (κ2) is 12.5. The van der Waals surface area contributed by atoms with Crippen LogP contribution in [0.3, 0.4) is 0 Å². The lowest BCUT2D eigenvalue weighted by Gasteiger charge is -2.14. The van der Waals surface area contributed by atoms with E-state index in [1.165, 1.54) is 12.3 Å². The minimum absolute atomic E-state index is 0.0802. The Labute approximate surface area is 198 Å². The number of rotatable bonds is 7. The van der Waals surface area contributed by atoms with Crippen LogP contribution in [0.15, 0.2) is 66.9 Å². The molecule has 2 aromatic carbocycles. The van der Waals surface area contributed by atoms with E-state index < -0.39 is 17.5 Å². The fourth-order valence-corrected chi connectivity index (χ4v) is 2.50. The Bertz CT molecular complexity index is 1060. The fourth-order valence-electron chi connectivity index (χ4n) is 2.45. The van der Waals surface area contributed by atoms with Crippen LogP contribution in [-0.4, -0.2) is 33.4 Å². The molecule has 0 spiro atoms. The quantitative estimate of drug-likeness (QED) is 0.470. The monoisotopic (exact) mass is 470 g/mol. The average molecular weight is 471 g/mol. The van der Waals surface area contributed by atoms with Crippen molar-refractivity contribution in [1.29, 1.82) is 0 Å². The number of aromatic hydroxyl groups is 1. The highest BCUT2D eigenvalue weighted by molar-refractivity contribution is 6.64. The van der Waals surface area contributed by atoms with Gasteiger partial charge in [-0.1, -0.05) is 35.4 Å². The highest BCUT2D eigenvalue weighted by Crippen LogP contribution is 2.19. The maximum absolute atomic E-state index is 11.9. The standard InChI is InChI=1S/C15H16N2O3.C10H11ClO2/c1-10-5-7-12(8-6-10)20-11(2)15(19)17-14-13(18)4-3-9-16-14;1-7-3-5-9(6-4-7)13-8(2)10(11)12/h3-9,11,18H,1-2H3,(H,16,17,19);3-6,8H,1-2H3. The summed E-state index contributed by atoms with van der Waals surface area (Å²) in [5.74, 6) is 0.940. The molecule has 174 valence electrons. The van der Waals surface area contributed by atoms with E-state index in [1.807, 2.05) is 50.2 Å². The molecule has 2 atom stereocenters. The molecule has 0 saturated heterocycles. The van der Waals surface area contributed by atoms with Gasteiger partial charge >= 0.3 is 0 Å². The van der Waals surface area contributed by atoms with E-state index >= 15 is 0 Å². The van der Waals surface area contributed by atoms with Crippen molar-refractivity contribution in [2.45, 2.75) is 39.9 Å². The molecule has 0 aliphatic heterocycles. The van der Waals surface area contributed by atoms with Gasteiger partial charge in [0.05, 0.1) is 0 Å². The number of nitrogens with one attached hydrogen (secondary N) is 1. The van der Waals surface area contributed by atoms with E-state index in [0.29, 0.717) is 11.5 Å². The maximum Gasteiger partial charge on any atom is 0.266 e. The van der Waals surface area contributed by atoms with Gasteiger partial charge in [0.1, 0.15) is 11.5 Å². The lowest BCUT2D eigenvalue weighted by molar-refractivity contribution is -0.122. The van der Waals surface area contributed by atoms with Crippen LogP contribution in [0, 0.1) is 13.8 Å². The van der Waals surface area contributed by atoms with Gasteiger partial charge in [-0.25, -0.2) is 4.98 Å². The number of carbonyl (C=O) groups is 2. The molecule has 0 fully saturated rings. The SMILES string of the molecule is Cc1ccc(OC(C)C(=O)Cl)cc1.Cc1ccc(OC(C)C(=O)Nc2ncccc2O)cc1. The van der Waals surface area contributed by atoms with Gasteiger partial charge in [0, 0.05) is 6.20 Å². The summed E-state index contributed by atoms with van der Waals surface area (Å²) in [5.41, 5.74) is 2.27. The summed E-state index contributed by atoms with van der Waals surface area (Å²) in [6, 6.07) is 17.9. The lowest BCUT2D eigenvalue weighted by Crippen LogP contribution is -2.30. The number of ether oxygens (including phenoxy) is 2. The van der Waals surface area contributed by atoms with Crippen LogP contribution in [0.5, 0.6) is 17.2 Å². The molecule has 0 radical (unpaired) electrons. The molecule has 0 aliphatic rings. The first-order valence-corrected chi connectivity index (χ1v) is 10.6. The van der Waals surface area contributed by atoms with Crippen molar-refractivity contribution in [3.63, 3.8) is 0 Å². The van der Waals surface area contributed by atoms with E-state index in [2.05, 4.69) is 10.3 Å². The summed E-state index contributed by atoms with van der Waals surface area (Å²) < 4.78 is 10.8. The van der Waals surface area contributed by atoms with E-state index in [-0.39, 0.29) is 17.5 Å². The van der Waals surface area contributed by atoms with Gasteiger partial charge in [0.25, 0.3) is 11.1 Å². The molecule has 0 saturated carbocycles. The molecule has 1 amide bonds. The maximum atomic E-state index is 11.9. The number of hydrogen-bond acceptors (Lipinski definition) is 6. The summed E-state index contributed by atoms with van der Waals surface area (Å²) in [6.07, 6.45) is 0.198. The van der Waals surface area contributed by atoms with Gasteiger partial charge in [0.15, 0.2) is 23.8 Å². The Kier molecular flexibility index (Phi) is 9.69. The van der Waals surface area contributed by atoms with Crippen molar-refractivity contribution in [2.75, 3.05) is 5.32 Å². The van der Waals surface area contributed by atoms with Crippen molar-refractivity contribution >= 4 is 28.6 Å². The first kappa shape index (κ1) is 25.7. The normalized spacial score (nSPS) is 11.9. The second-order valence-electron chi connectivity index (χ2n) is 7.31. The smallest absolute Gasteiger partial charge is 0.266 e. The molecule has 7 nitrogen and oxygen atoms in total. The predicted octanol–water partition coefficient (Wildman–Crippen LogP) is 5.03. The van der Waals surface area contributed by atoms with E-state index in [1.54, 1.807) is 32.0 Å². The predicted molar refractivity (Wildman–Crippen MR) is 128 cm³/mol. The van der Waals surface area contributed by atoms with E-state index in [9.17, 15) is 14.7 Å². The van der Waals surface area contributed by atoms with Crippen molar-refractivity contribution in [2.24, 2.45) is 0 Å². The van der Waals surface area contributed by atoms with E-state index in [0.717, 1.165) is 11.1 Å². The van der Waals surface area contributed by atoms with Crippen molar-refractivity contribution in [1.82, 2.24) is 4.98 Å². The van der Waals surface area contributed by atoms with Crippen LogP contribution in [-0.2, 0) is 9.59 Å². The van der Waals surface area contributed by atoms with Gasteiger partial charge in [-0.3, -0.25) is 9.59 Å². The zero-order chi connectivity index (χ0) is 24.4. The van der Waals surface area contributed by atoms with Crippen LogP contribution in [0.25, 0.3) is 0 Å². The summed E-state index contributed by atoms with van der Waals surface area (Å²) in [5, 5.41) is 11.6. The minimum Gasteiger partial charge on any atom is -0.504 e. The number of halogens is 1. The third kappa shape index (κ3) is 8.82. The Morgan fingerprint density at radius 3 is 1.82 bits per heavy atom.